The molecule has 10 atom stereocenters. The van der Waals surface area contributed by atoms with Crippen molar-refractivity contribution in [2.45, 2.75) is 98.9 Å². The van der Waals surface area contributed by atoms with Crippen molar-refractivity contribution in [3.8, 4) is 5.75 Å². The fourth-order valence-electron chi connectivity index (χ4n) is 13.7. The molecule has 13 nitrogen and oxygen atoms in total. The lowest BCUT2D eigenvalue weighted by Crippen LogP contribution is -2.83. The molecule has 0 unspecified atom stereocenters. The number of hydrogen-bond donors (Lipinski definition) is 3. The number of hydrogen-bond acceptors (Lipinski definition) is 12. The fraction of sp³-hybridized carbons (Fsp3) is 0.609. The Labute approximate surface area is 345 Å². The monoisotopic (exact) mass is 810 g/mol. The van der Waals surface area contributed by atoms with Crippen LogP contribution in [-0.4, -0.2) is 140 Å². The minimum atomic E-state index is -2.14. The number of aromatic amines is 1. The van der Waals surface area contributed by atoms with Gasteiger partial charge >= 0.3 is 11.9 Å². The van der Waals surface area contributed by atoms with Crippen molar-refractivity contribution in [3.63, 3.8) is 0 Å². The first-order valence-electron chi connectivity index (χ1n) is 21.3. The SMILES string of the molecule is CC[C@]1(O)C[C@@H]2C[N@@](CCc3c([nH]c4ccccc34)[C@@](C(=O)OC)(c3cc4c(cc3OC)N(C)[C@H]3[C@@](O)(C(=O)OC)[C@@H]5OC(C)(C)OC[C@]56C=CCN5CC[C@]43[C@@H]56)C2)C1. The summed E-state index contributed by atoms with van der Waals surface area (Å²) in [4.78, 5) is 40.4. The van der Waals surface area contributed by atoms with Crippen molar-refractivity contribution in [1.82, 2.24) is 14.8 Å². The number of nitrogens with zero attached hydrogens (tertiary/aromatic N) is 3. The molecule has 6 aliphatic heterocycles. The van der Waals surface area contributed by atoms with E-state index in [2.05, 4.69) is 45.1 Å². The lowest BCUT2D eigenvalue weighted by Gasteiger charge is -2.66. The number of carbonyl (C=O) groups excluding carboxylic acids is 2. The Morgan fingerprint density at radius 2 is 1.78 bits per heavy atom. The first kappa shape index (κ1) is 39.2. The molecular formula is C46H58N4O9. The number of benzene rings is 2. The fourth-order valence-corrected chi connectivity index (χ4v) is 13.7. The summed E-state index contributed by atoms with van der Waals surface area (Å²) in [6.45, 7) is 9.31. The third-order valence-electron chi connectivity index (χ3n) is 15.8. The lowest BCUT2D eigenvalue weighted by molar-refractivity contribution is -0.360. The van der Waals surface area contributed by atoms with Gasteiger partial charge in [-0.15, -0.1) is 0 Å². The van der Waals surface area contributed by atoms with E-state index in [1.54, 1.807) is 7.11 Å². The van der Waals surface area contributed by atoms with E-state index in [-0.39, 0.29) is 18.6 Å². The number of para-hydroxylation sites is 1. The first-order chi connectivity index (χ1) is 28.2. The molecule has 3 aromatic rings. The maximum absolute atomic E-state index is 15.3. The van der Waals surface area contributed by atoms with Crippen LogP contribution >= 0.6 is 0 Å². The van der Waals surface area contributed by atoms with E-state index < -0.39 is 57.3 Å². The quantitative estimate of drug-likeness (QED) is 0.255. The van der Waals surface area contributed by atoms with E-state index in [4.69, 9.17) is 23.7 Å². The first-order valence-corrected chi connectivity index (χ1v) is 21.3. The maximum Gasteiger partial charge on any atom is 0.342 e. The highest BCUT2D eigenvalue weighted by molar-refractivity contribution is 5.95. The zero-order valence-corrected chi connectivity index (χ0v) is 35.3. The van der Waals surface area contributed by atoms with Gasteiger partial charge in [-0.2, -0.15) is 0 Å². The summed E-state index contributed by atoms with van der Waals surface area (Å²) < 4.78 is 31.2. The number of carbonyl (C=O) groups is 2. The van der Waals surface area contributed by atoms with Crippen molar-refractivity contribution in [2.24, 2.45) is 11.3 Å². The number of ether oxygens (including phenoxy) is 5. The van der Waals surface area contributed by atoms with Gasteiger partial charge in [0.25, 0.3) is 0 Å². The van der Waals surface area contributed by atoms with Gasteiger partial charge in [0, 0.05) is 78.6 Å². The van der Waals surface area contributed by atoms with Gasteiger partial charge in [0.1, 0.15) is 17.3 Å². The van der Waals surface area contributed by atoms with E-state index in [9.17, 15) is 15.0 Å². The highest BCUT2D eigenvalue weighted by atomic mass is 16.7. The molecule has 1 aliphatic carbocycles. The third-order valence-corrected chi connectivity index (χ3v) is 15.8. The molecule has 4 fully saturated rings. The highest BCUT2D eigenvalue weighted by Crippen LogP contribution is 2.68. The highest BCUT2D eigenvalue weighted by Gasteiger charge is 2.81. The minimum absolute atomic E-state index is 0.0785. The number of H-pyrrole nitrogens is 1. The predicted molar refractivity (Wildman–Crippen MR) is 219 cm³/mol. The number of likely N-dealkylation sites (N-methyl/N-ethyl adjacent to an activating group) is 1. The number of nitrogens with one attached hydrogen (secondary N) is 1. The van der Waals surface area contributed by atoms with Gasteiger partial charge in [-0.1, -0.05) is 37.3 Å². The summed E-state index contributed by atoms with van der Waals surface area (Å²) in [5.74, 6) is -1.84. The second-order valence-electron chi connectivity index (χ2n) is 19.0. The van der Waals surface area contributed by atoms with Crippen LogP contribution in [0, 0.1) is 11.3 Å². The number of aliphatic hydroxyl groups is 2. The van der Waals surface area contributed by atoms with Gasteiger partial charge in [0.05, 0.1) is 45.0 Å². The van der Waals surface area contributed by atoms with Crippen LogP contribution in [0.4, 0.5) is 5.69 Å². The molecule has 1 saturated carbocycles. The molecule has 2 spiro atoms. The Balaban J connectivity index is 1.27. The Morgan fingerprint density at radius 1 is 1.00 bits per heavy atom. The van der Waals surface area contributed by atoms with Crippen molar-refractivity contribution in [1.29, 1.82) is 0 Å². The number of aromatic nitrogens is 1. The molecule has 59 heavy (non-hydrogen) atoms. The van der Waals surface area contributed by atoms with Gasteiger partial charge < -0.3 is 43.8 Å². The van der Waals surface area contributed by atoms with Crippen LogP contribution in [0.5, 0.6) is 5.75 Å². The zero-order valence-electron chi connectivity index (χ0n) is 35.3. The Bertz CT molecular complexity index is 2270. The largest absolute Gasteiger partial charge is 0.496 e. The number of methoxy groups -OCH3 is 3. The summed E-state index contributed by atoms with van der Waals surface area (Å²) in [7, 11) is 6.32. The molecule has 3 saturated heterocycles. The van der Waals surface area contributed by atoms with E-state index >= 15 is 4.79 Å². The molecule has 10 rings (SSSR count). The average Bonchev–Trinajstić information content (AvgIpc) is 3.89. The molecule has 2 aromatic carbocycles. The second kappa shape index (κ2) is 13.0. The van der Waals surface area contributed by atoms with Gasteiger partial charge in [0.2, 0.25) is 5.60 Å². The summed E-state index contributed by atoms with van der Waals surface area (Å²) in [6.07, 6.45) is 5.98. The molecule has 13 heteroatoms. The van der Waals surface area contributed by atoms with Crippen LogP contribution in [0.2, 0.25) is 0 Å². The Kier molecular flexibility index (Phi) is 8.64. The van der Waals surface area contributed by atoms with Gasteiger partial charge in [-0.25, -0.2) is 4.79 Å². The average molecular weight is 811 g/mol. The summed E-state index contributed by atoms with van der Waals surface area (Å²) in [6, 6.07) is 11.3. The Morgan fingerprint density at radius 3 is 2.53 bits per heavy atom. The van der Waals surface area contributed by atoms with Crippen molar-refractivity contribution >= 4 is 28.5 Å². The molecule has 7 heterocycles. The predicted octanol–water partition coefficient (Wildman–Crippen LogP) is 3.80. The molecule has 316 valence electrons. The number of piperidine rings is 1. The Hall–Kier alpha value is -3.98. The van der Waals surface area contributed by atoms with E-state index in [0.29, 0.717) is 63.1 Å². The topological polar surface area (TPSA) is 146 Å². The van der Waals surface area contributed by atoms with Gasteiger partial charge in [0.15, 0.2) is 5.79 Å². The van der Waals surface area contributed by atoms with Crippen LogP contribution in [0.1, 0.15) is 68.8 Å². The molecule has 3 N–H and O–H groups in total. The number of rotatable bonds is 5. The van der Waals surface area contributed by atoms with Crippen molar-refractivity contribution in [2.75, 3.05) is 72.6 Å². The summed E-state index contributed by atoms with van der Waals surface area (Å²) >= 11 is 0. The van der Waals surface area contributed by atoms with Crippen LogP contribution < -0.4 is 9.64 Å². The molecule has 2 bridgehead atoms. The molecule has 0 amide bonds. The number of fused-ring (bicyclic) bond motifs is 6. The van der Waals surface area contributed by atoms with Crippen LogP contribution in [0.25, 0.3) is 10.9 Å². The van der Waals surface area contributed by atoms with Crippen LogP contribution in [0.15, 0.2) is 48.6 Å². The van der Waals surface area contributed by atoms with Crippen LogP contribution in [0.3, 0.4) is 0 Å². The van der Waals surface area contributed by atoms with Crippen LogP contribution in [-0.2, 0) is 45.8 Å². The summed E-state index contributed by atoms with van der Waals surface area (Å²) in [5, 5.41) is 26.5. The van der Waals surface area contributed by atoms with E-state index in [1.165, 1.54) is 14.2 Å². The number of esters is 2. The third kappa shape index (κ3) is 5.00. The van der Waals surface area contributed by atoms with Gasteiger partial charge in [-0.05, 0) is 81.7 Å². The van der Waals surface area contributed by atoms with Gasteiger partial charge in [-0.3, -0.25) is 14.6 Å². The standard InChI is InChI=1S/C46H58N4O9/c1-8-42(53)22-27-23-45(39(51)56-6,35-29(14-18-49(24-27)25-42)28-12-9-10-13-32(28)47-35)31-20-30-33(21-34(31)55-5)48(4)37-44(30)16-19-50-17-11-15-43(36(44)50)26-58-41(2,3)59-38(43)46(37,54)40(52)57-7/h9-13,15,20-21,27,36-38,47,53-54H,8,14,16-19,22-26H2,1-7H3/t27-,36-,37+,38+,42-,43-,44+,45-,46-/m0/s1. The van der Waals surface area contributed by atoms with Crippen molar-refractivity contribution in [3.05, 3.63) is 70.9 Å². The second-order valence-corrected chi connectivity index (χ2v) is 19.0. The number of anilines is 1. The van der Waals surface area contributed by atoms with E-state index in [0.717, 1.165) is 46.5 Å². The van der Waals surface area contributed by atoms with E-state index in [1.807, 2.05) is 50.9 Å². The molecule has 0 radical (unpaired) electrons. The lowest BCUT2D eigenvalue weighted by atomic mass is 9.48. The zero-order chi connectivity index (χ0) is 41.5. The normalized spacial score (nSPS) is 39.1. The summed E-state index contributed by atoms with van der Waals surface area (Å²) in [5.41, 5.74) is -1.11. The molecular weight excluding hydrogens is 753 g/mol. The maximum atomic E-state index is 15.3. The molecule has 7 aliphatic rings. The van der Waals surface area contributed by atoms with Crippen molar-refractivity contribution < 1.29 is 43.5 Å². The smallest absolute Gasteiger partial charge is 0.342 e. The molecule has 1 aromatic heterocycles. The minimum Gasteiger partial charge on any atom is -0.496 e.